The van der Waals surface area contributed by atoms with Gasteiger partial charge in [-0.25, -0.2) is 9.48 Å². The van der Waals surface area contributed by atoms with Crippen LogP contribution in [0.25, 0.3) is 5.65 Å². The number of pyridine rings is 1. The van der Waals surface area contributed by atoms with E-state index in [1.807, 2.05) is 13.0 Å². The standard InChI is InChI=1S/C10H10ClN3O/c1-8(6-11)7-14-10(15)13-5-3-2-4-9(13)12-14/h2-6H,7H2,1H3/b8-6-. The van der Waals surface area contributed by atoms with Gasteiger partial charge in [0.1, 0.15) is 0 Å². The van der Waals surface area contributed by atoms with Crippen LogP contribution in [0.2, 0.25) is 0 Å². The molecule has 0 spiro atoms. The zero-order valence-corrected chi connectivity index (χ0v) is 8.98. The second-order valence-electron chi connectivity index (χ2n) is 3.32. The van der Waals surface area contributed by atoms with Crippen molar-refractivity contribution in [2.75, 3.05) is 0 Å². The number of hydrogen-bond donors (Lipinski definition) is 0. The number of allylic oxidation sites excluding steroid dienone is 1. The molecule has 0 amide bonds. The lowest BCUT2D eigenvalue weighted by Gasteiger charge is -1.96. The molecular formula is C10H10ClN3O. The molecule has 0 radical (unpaired) electrons. The smallest absolute Gasteiger partial charge is 0.250 e. The molecule has 0 fully saturated rings. The summed E-state index contributed by atoms with van der Waals surface area (Å²) < 4.78 is 2.89. The van der Waals surface area contributed by atoms with Crippen molar-refractivity contribution in [2.24, 2.45) is 0 Å². The van der Waals surface area contributed by atoms with Gasteiger partial charge in [-0.1, -0.05) is 17.7 Å². The van der Waals surface area contributed by atoms with Gasteiger partial charge in [-0.15, -0.1) is 5.10 Å². The maximum Gasteiger partial charge on any atom is 0.350 e. The summed E-state index contributed by atoms with van der Waals surface area (Å²) >= 11 is 5.54. The van der Waals surface area contributed by atoms with Crippen LogP contribution in [0.5, 0.6) is 0 Å². The van der Waals surface area contributed by atoms with E-state index in [0.717, 1.165) is 5.57 Å². The summed E-state index contributed by atoms with van der Waals surface area (Å²) in [5, 5.41) is 4.17. The third-order valence-electron chi connectivity index (χ3n) is 2.07. The molecule has 0 aliphatic carbocycles. The van der Waals surface area contributed by atoms with Gasteiger partial charge in [-0.2, -0.15) is 0 Å². The largest absolute Gasteiger partial charge is 0.350 e. The van der Waals surface area contributed by atoms with Crippen LogP contribution in [-0.4, -0.2) is 14.2 Å². The monoisotopic (exact) mass is 223 g/mol. The molecule has 0 bridgehead atoms. The van der Waals surface area contributed by atoms with Crippen molar-refractivity contribution in [1.29, 1.82) is 0 Å². The van der Waals surface area contributed by atoms with E-state index in [2.05, 4.69) is 5.10 Å². The molecule has 2 heterocycles. The summed E-state index contributed by atoms with van der Waals surface area (Å²) in [5.41, 5.74) is 2.84. The van der Waals surface area contributed by atoms with Gasteiger partial charge in [-0.05, 0) is 24.6 Å². The van der Waals surface area contributed by atoms with E-state index >= 15 is 0 Å². The first-order valence-electron chi connectivity index (χ1n) is 4.52. The molecule has 78 valence electrons. The summed E-state index contributed by atoms with van der Waals surface area (Å²) in [5.74, 6) is 0. The second kappa shape index (κ2) is 3.90. The Kier molecular flexibility index (Phi) is 2.60. The maximum atomic E-state index is 11.8. The summed E-state index contributed by atoms with van der Waals surface area (Å²) in [7, 11) is 0. The van der Waals surface area contributed by atoms with Crippen LogP contribution in [0, 0.1) is 0 Å². The van der Waals surface area contributed by atoms with Crippen molar-refractivity contribution in [3.05, 3.63) is 46.0 Å². The van der Waals surface area contributed by atoms with E-state index < -0.39 is 0 Å². The molecule has 2 rings (SSSR count). The van der Waals surface area contributed by atoms with Crippen LogP contribution in [0.3, 0.4) is 0 Å². The van der Waals surface area contributed by atoms with E-state index in [4.69, 9.17) is 11.6 Å². The van der Waals surface area contributed by atoms with E-state index in [0.29, 0.717) is 12.2 Å². The molecule has 0 aliphatic heterocycles. The second-order valence-corrected chi connectivity index (χ2v) is 3.54. The highest BCUT2D eigenvalue weighted by atomic mass is 35.5. The Morgan fingerprint density at radius 1 is 1.60 bits per heavy atom. The van der Waals surface area contributed by atoms with Gasteiger partial charge in [0.15, 0.2) is 5.65 Å². The first kappa shape index (κ1) is 9.98. The molecule has 0 aromatic carbocycles. The highest BCUT2D eigenvalue weighted by Gasteiger charge is 2.05. The minimum atomic E-state index is -0.150. The molecular weight excluding hydrogens is 214 g/mol. The fraction of sp³-hybridized carbons (Fsp3) is 0.200. The van der Waals surface area contributed by atoms with E-state index in [9.17, 15) is 4.79 Å². The number of fused-ring (bicyclic) bond motifs is 1. The third kappa shape index (κ3) is 1.80. The van der Waals surface area contributed by atoms with Crippen molar-refractivity contribution < 1.29 is 0 Å². The zero-order chi connectivity index (χ0) is 10.8. The molecule has 0 unspecified atom stereocenters. The van der Waals surface area contributed by atoms with Crippen molar-refractivity contribution in [2.45, 2.75) is 13.5 Å². The lowest BCUT2D eigenvalue weighted by atomic mass is 10.3. The van der Waals surface area contributed by atoms with Crippen LogP contribution in [0.1, 0.15) is 6.92 Å². The molecule has 0 N–H and O–H groups in total. The van der Waals surface area contributed by atoms with Crippen molar-refractivity contribution in [3.8, 4) is 0 Å². The van der Waals surface area contributed by atoms with Gasteiger partial charge in [-0.3, -0.25) is 4.40 Å². The molecule has 0 aliphatic rings. The molecule has 2 aromatic heterocycles. The number of halogens is 1. The minimum Gasteiger partial charge on any atom is -0.250 e. The minimum absolute atomic E-state index is 0.150. The first-order valence-corrected chi connectivity index (χ1v) is 4.96. The van der Waals surface area contributed by atoms with Gasteiger partial charge in [0, 0.05) is 11.7 Å². The maximum absolute atomic E-state index is 11.8. The average molecular weight is 224 g/mol. The SMILES string of the molecule is C/C(=C/Cl)Cn1nc2ccccn2c1=O. The van der Waals surface area contributed by atoms with Crippen LogP contribution in [-0.2, 0) is 6.54 Å². The topological polar surface area (TPSA) is 39.3 Å². The number of hydrogen-bond acceptors (Lipinski definition) is 2. The van der Waals surface area contributed by atoms with Crippen molar-refractivity contribution in [1.82, 2.24) is 14.2 Å². The lowest BCUT2D eigenvalue weighted by Crippen LogP contribution is -2.21. The Bertz CT molecular complexity index is 567. The number of rotatable bonds is 2. The number of aromatic nitrogens is 3. The molecule has 0 saturated carbocycles. The van der Waals surface area contributed by atoms with E-state index in [1.165, 1.54) is 14.6 Å². The van der Waals surface area contributed by atoms with Crippen molar-refractivity contribution in [3.63, 3.8) is 0 Å². The molecule has 5 heteroatoms. The number of nitrogens with zero attached hydrogens (tertiary/aromatic N) is 3. The van der Waals surface area contributed by atoms with E-state index in [1.54, 1.807) is 18.3 Å². The molecule has 0 atom stereocenters. The third-order valence-corrected chi connectivity index (χ3v) is 2.45. The predicted octanol–water partition coefficient (Wildman–Crippen LogP) is 1.64. The normalized spacial score (nSPS) is 12.3. The summed E-state index contributed by atoms with van der Waals surface area (Å²) in [6.45, 7) is 2.27. The molecule has 2 aromatic rings. The molecule has 4 nitrogen and oxygen atoms in total. The lowest BCUT2D eigenvalue weighted by molar-refractivity contribution is 0.651. The van der Waals surface area contributed by atoms with Gasteiger partial charge < -0.3 is 0 Å². The Morgan fingerprint density at radius 3 is 3.07 bits per heavy atom. The zero-order valence-electron chi connectivity index (χ0n) is 8.22. The Morgan fingerprint density at radius 2 is 2.40 bits per heavy atom. The van der Waals surface area contributed by atoms with Crippen LogP contribution < -0.4 is 5.69 Å². The first-order chi connectivity index (χ1) is 7.22. The van der Waals surface area contributed by atoms with E-state index in [-0.39, 0.29) is 5.69 Å². The Labute approximate surface area is 91.4 Å². The summed E-state index contributed by atoms with van der Waals surface area (Å²) in [6, 6.07) is 5.43. The molecule has 15 heavy (non-hydrogen) atoms. The van der Waals surface area contributed by atoms with Crippen molar-refractivity contribution >= 4 is 17.2 Å². The average Bonchev–Trinajstić information content (AvgIpc) is 2.57. The van der Waals surface area contributed by atoms with Gasteiger partial charge >= 0.3 is 5.69 Å². The predicted molar refractivity (Wildman–Crippen MR) is 59.1 cm³/mol. The van der Waals surface area contributed by atoms with Crippen LogP contribution >= 0.6 is 11.6 Å². The fourth-order valence-corrected chi connectivity index (χ4v) is 1.41. The van der Waals surface area contributed by atoms with Gasteiger partial charge in [0.05, 0.1) is 6.54 Å². The van der Waals surface area contributed by atoms with Gasteiger partial charge in [0.2, 0.25) is 0 Å². The van der Waals surface area contributed by atoms with Crippen LogP contribution in [0.4, 0.5) is 0 Å². The Hall–Kier alpha value is -1.55. The van der Waals surface area contributed by atoms with Gasteiger partial charge in [0.25, 0.3) is 0 Å². The summed E-state index contributed by atoms with van der Waals surface area (Å²) in [6.07, 6.45) is 1.70. The fourth-order valence-electron chi connectivity index (χ4n) is 1.34. The highest BCUT2D eigenvalue weighted by Crippen LogP contribution is 2.00. The highest BCUT2D eigenvalue weighted by molar-refractivity contribution is 6.25. The molecule has 0 saturated heterocycles. The van der Waals surface area contributed by atoms with Crippen LogP contribution in [0.15, 0.2) is 40.3 Å². The summed E-state index contributed by atoms with van der Waals surface area (Å²) in [4.78, 5) is 11.8. The Balaban J connectivity index is 2.54. The quantitative estimate of drug-likeness (QED) is 0.777.